The third-order valence-corrected chi connectivity index (χ3v) is 4.65. The van der Waals surface area contributed by atoms with E-state index in [2.05, 4.69) is 61.8 Å². The van der Waals surface area contributed by atoms with Crippen LogP contribution in [0.15, 0.2) is 10.7 Å². The SMILES string of the molecule is CCCNc1ncc(Br)c(N2CCN(C(C)CC)CC2)n1. The first-order valence-corrected chi connectivity index (χ1v) is 8.70. The zero-order valence-corrected chi connectivity index (χ0v) is 14.9. The predicted molar refractivity (Wildman–Crippen MR) is 92.1 cm³/mol. The molecule has 0 aliphatic carbocycles. The van der Waals surface area contributed by atoms with Crippen molar-refractivity contribution in [2.75, 3.05) is 42.9 Å². The van der Waals surface area contributed by atoms with Crippen LogP contribution >= 0.6 is 15.9 Å². The Labute approximate surface area is 136 Å². The van der Waals surface area contributed by atoms with Gasteiger partial charge in [0.1, 0.15) is 5.82 Å². The molecule has 1 atom stereocenters. The first kappa shape index (κ1) is 16.5. The van der Waals surface area contributed by atoms with E-state index in [1.54, 1.807) is 0 Å². The highest BCUT2D eigenvalue weighted by molar-refractivity contribution is 9.10. The van der Waals surface area contributed by atoms with Crippen LogP contribution < -0.4 is 10.2 Å². The Morgan fingerprint density at radius 1 is 1.29 bits per heavy atom. The molecule has 5 nitrogen and oxygen atoms in total. The lowest BCUT2D eigenvalue weighted by Crippen LogP contribution is -2.49. The molecule has 0 aromatic carbocycles. The van der Waals surface area contributed by atoms with E-state index in [0.29, 0.717) is 6.04 Å². The molecular weight excluding hydrogens is 330 g/mol. The van der Waals surface area contributed by atoms with Crippen molar-refractivity contribution >= 4 is 27.7 Å². The van der Waals surface area contributed by atoms with E-state index in [0.717, 1.165) is 55.4 Å². The highest BCUT2D eigenvalue weighted by Crippen LogP contribution is 2.25. The minimum Gasteiger partial charge on any atom is -0.354 e. The summed E-state index contributed by atoms with van der Waals surface area (Å²) in [6, 6.07) is 0.669. The third kappa shape index (κ3) is 4.30. The van der Waals surface area contributed by atoms with Gasteiger partial charge in [-0.1, -0.05) is 13.8 Å². The van der Waals surface area contributed by atoms with E-state index in [1.807, 2.05) is 6.20 Å². The van der Waals surface area contributed by atoms with Crippen molar-refractivity contribution in [3.63, 3.8) is 0 Å². The molecule has 0 saturated carbocycles. The number of hydrogen-bond acceptors (Lipinski definition) is 5. The van der Waals surface area contributed by atoms with E-state index >= 15 is 0 Å². The number of rotatable bonds is 6. The lowest BCUT2D eigenvalue weighted by Gasteiger charge is -2.38. The number of nitrogens with zero attached hydrogens (tertiary/aromatic N) is 4. The number of hydrogen-bond donors (Lipinski definition) is 1. The summed E-state index contributed by atoms with van der Waals surface area (Å²) in [6.07, 6.45) is 4.13. The molecule has 2 heterocycles. The first-order chi connectivity index (χ1) is 10.2. The van der Waals surface area contributed by atoms with Crippen molar-refractivity contribution in [2.24, 2.45) is 0 Å². The first-order valence-electron chi connectivity index (χ1n) is 7.91. The van der Waals surface area contributed by atoms with Gasteiger partial charge in [0.25, 0.3) is 0 Å². The summed E-state index contributed by atoms with van der Waals surface area (Å²) in [5, 5.41) is 3.26. The van der Waals surface area contributed by atoms with Crippen molar-refractivity contribution < 1.29 is 0 Å². The average Bonchev–Trinajstić information content (AvgIpc) is 2.53. The maximum Gasteiger partial charge on any atom is 0.224 e. The van der Waals surface area contributed by atoms with Crippen LogP contribution in [0.2, 0.25) is 0 Å². The van der Waals surface area contributed by atoms with E-state index in [9.17, 15) is 0 Å². The molecule has 1 N–H and O–H groups in total. The minimum atomic E-state index is 0.669. The number of nitrogens with one attached hydrogen (secondary N) is 1. The van der Waals surface area contributed by atoms with Gasteiger partial charge in [-0.3, -0.25) is 4.90 Å². The van der Waals surface area contributed by atoms with Gasteiger partial charge in [-0.2, -0.15) is 4.98 Å². The fourth-order valence-corrected chi connectivity index (χ4v) is 2.98. The molecule has 0 bridgehead atoms. The number of piperazine rings is 1. The van der Waals surface area contributed by atoms with E-state index in [-0.39, 0.29) is 0 Å². The van der Waals surface area contributed by atoms with Gasteiger partial charge in [0, 0.05) is 45.0 Å². The minimum absolute atomic E-state index is 0.669. The Morgan fingerprint density at radius 3 is 2.62 bits per heavy atom. The summed E-state index contributed by atoms with van der Waals surface area (Å²) in [6.45, 7) is 11.9. The van der Waals surface area contributed by atoms with Crippen molar-refractivity contribution in [3.8, 4) is 0 Å². The standard InChI is InChI=1S/C15H26BrN5/c1-4-6-17-15-18-11-13(16)14(19-15)21-9-7-20(8-10-21)12(3)5-2/h11-12H,4-10H2,1-3H3,(H,17,18,19). The molecule has 1 aromatic rings. The molecule has 0 radical (unpaired) electrons. The monoisotopic (exact) mass is 355 g/mol. The summed E-state index contributed by atoms with van der Waals surface area (Å²) in [4.78, 5) is 13.9. The van der Waals surface area contributed by atoms with Gasteiger partial charge >= 0.3 is 0 Å². The highest BCUT2D eigenvalue weighted by atomic mass is 79.9. The van der Waals surface area contributed by atoms with Crippen LogP contribution in [0.1, 0.15) is 33.6 Å². The summed E-state index contributed by atoms with van der Waals surface area (Å²) in [5.74, 6) is 1.73. The molecule has 6 heteroatoms. The number of aromatic nitrogens is 2. The Morgan fingerprint density at radius 2 is 2.00 bits per heavy atom. The molecule has 0 amide bonds. The molecular formula is C15H26BrN5. The van der Waals surface area contributed by atoms with Gasteiger partial charge in [0.05, 0.1) is 4.47 Å². The lowest BCUT2D eigenvalue weighted by molar-refractivity contribution is 0.192. The molecule has 118 valence electrons. The summed E-state index contributed by atoms with van der Waals surface area (Å²) >= 11 is 3.58. The molecule has 1 unspecified atom stereocenters. The Bertz CT molecular complexity index is 446. The van der Waals surface area contributed by atoms with E-state index < -0.39 is 0 Å². The fourth-order valence-electron chi connectivity index (χ4n) is 2.53. The normalized spacial score (nSPS) is 17.8. The van der Waals surface area contributed by atoms with Crippen LogP contribution in [0.4, 0.5) is 11.8 Å². The maximum absolute atomic E-state index is 4.66. The van der Waals surface area contributed by atoms with Gasteiger partial charge < -0.3 is 10.2 Å². The van der Waals surface area contributed by atoms with Gasteiger partial charge in [0.15, 0.2) is 0 Å². The van der Waals surface area contributed by atoms with Gasteiger partial charge in [0.2, 0.25) is 5.95 Å². The second-order valence-electron chi connectivity index (χ2n) is 5.57. The fraction of sp³-hybridized carbons (Fsp3) is 0.733. The molecule has 1 saturated heterocycles. The lowest BCUT2D eigenvalue weighted by atomic mass is 10.2. The Balaban J connectivity index is 2.02. The smallest absolute Gasteiger partial charge is 0.224 e. The molecule has 1 aliphatic rings. The van der Waals surface area contributed by atoms with E-state index in [4.69, 9.17) is 0 Å². The Hall–Kier alpha value is -0.880. The van der Waals surface area contributed by atoms with Crippen LogP contribution in [0, 0.1) is 0 Å². The Kier molecular flexibility index (Phi) is 6.23. The van der Waals surface area contributed by atoms with Crippen molar-refractivity contribution in [1.82, 2.24) is 14.9 Å². The summed E-state index contributed by atoms with van der Waals surface area (Å²) in [5.41, 5.74) is 0. The second kappa shape index (κ2) is 7.94. The van der Waals surface area contributed by atoms with Gasteiger partial charge in [-0.05, 0) is 35.7 Å². The van der Waals surface area contributed by atoms with Crippen molar-refractivity contribution in [2.45, 2.75) is 39.7 Å². The molecule has 2 rings (SSSR count). The second-order valence-corrected chi connectivity index (χ2v) is 6.43. The van der Waals surface area contributed by atoms with Crippen LogP contribution in [0.3, 0.4) is 0 Å². The molecule has 1 aromatic heterocycles. The predicted octanol–water partition coefficient (Wildman–Crippen LogP) is 2.98. The van der Waals surface area contributed by atoms with Crippen LogP contribution in [0.25, 0.3) is 0 Å². The maximum atomic E-state index is 4.66. The third-order valence-electron chi connectivity index (χ3n) is 4.09. The summed E-state index contributed by atoms with van der Waals surface area (Å²) in [7, 11) is 0. The molecule has 0 spiro atoms. The van der Waals surface area contributed by atoms with Gasteiger partial charge in [-0.15, -0.1) is 0 Å². The molecule has 21 heavy (non-hydrogen) atoms. The van der Waals surface area contributed by atoms with Crippen LogP contribution in [-0.4, -0.2) is 53.6 Å². The topological polar surface area (TPSA) is 44.3 Å². The number of anilines is 2. The molecule has 1 fully saturated rings. The van der Waals surface area contributed by atoms with Crippen molar-refractivity contribution in [3.05, 3.63) is 10.7 Å². The quantitative estimate of drug-likeness (QED) is 0.849. The summed E-state index contributed by atoms with van der Waals surface area (Å²) < 4.78 is 0.974. The number of halogens is 1. The van der Waals surface area contributed by atoms with Crippen LogP contribution in [0.5, 0.6) is 0 Å². The van der Waals surface area contributed by atoms with E-state index in [1.165, 1.54) is 6.42 Å². The van der Waals surface area contributed by atoms with Crippen LogP contribution in [-0.2, 0) is 0 Å². The average molecular weight is 356 g/mol. The van der Waals surface area contributed by atoms with Crippen molar-refractivity contribution in [1.29, 1.82) is 0 Å². The highest BCUT2D eigenvalue weighted by Gasteiger charge is 2.22. The van der Waals surface area contributed by atoms with Gasteiger partial charge in [-0.25, -0.2) is 4.98 Å². The zero-order valence-electron chi connectivity index (χ0n) is 13.3. The largest absolute Gasteiger partial charge is 0.354 e. The molecule has 1 aliphatic heterocycles. The zero-order chi connectivity index (χ0) is 15.2.